The Bertz CT molecular complexity index is 1360. The highest BCUT2D eigenvalue weighted by Gasteiger charge is 2.20. The number of nitrogens with zero attached hydrogens (tertiary/aromatic N) is 1. The standard InChI is InChI=1S/C30H30FNO5/c1-2-35-27(33)16-10-20-36-25-17-18-26(31)24(21-25)15-9-19-32-28(22-11-5-3-6-12-22)29(37-30(32)34)23-13-7-4-8-14-23/h3-8,11-14,17-18,21H,2,9-10,15-16,19-20H2,1H3. The van der Waals surface area contributed by atoms with Crippen molar-refractivity contribution in [2.45, 2.75) is 39.2 Å². The fourth-order valence-electron chi connectivity index (χ4n) is 4.18. The van der Waals surface area contributed by atoms with Crippen LogP contribution in [0.5, 0.6) is 5.75 Å². The molecule has 6 nitrogen and oxygen atoms in total. The van der Waals surface area contributed by atoms with Crippen molar-refractivity contribution in [1.29, 1.82) is 0 Å². The first kappa shape index (κ1) is 25.9. The number of hydrogen-bond donors (Lipinski definition) is 0. The SMILES string of the molecule is CCOC(=O)CCCOc1ccc(F)c(CCCn2c(-c3ccccc3)c(-c3ccccc3)oc2=O)c1. The lowest BCUT2D eigenvalue weighted by atomic mass is 10.0. The van der Waals surface area contributed by atoms with Gasteiger partial charge in [-0.05, 0) is 49.9 Å². The average Bonchev–Trinajstić information content (AvgIpc) is 3.25. The van der Waals surface area contributed by atoms with Crippen molar-refractivity contribution in [3.05, 3.63) is 101 Å². The van der Waals surface area contributed by atoms with Gasteiger partial charge in [0.15, 0.2) is 5.76 Å². The van der Waals surface area contributed by atoms with Gasteiger partial charge < -0.3 is 13.9 Å². The van der Waals surface area contributed by atoms with E-state index in [4.69, 9.17) is 13.9 Å². The molecule has 0 unspecified atom stereocenters. The molecule has 0 aliphatic carbocycles. The Hall–Kier alpha value is -4.13. The third kappa shape index (κ3) is 6.76. The number of carbonyl (C=O) groups is 1. The van der Waals surface area contributed by atoms with E-state index in [1.807, 2.05) is 60.7 Å². The summed E-state index contributed by atoms with van der Waals surface area (Å²) in [6.07, 6.45) is 1.73. The molecule has 4 aromatic rings. The molecule has 1 aromatic heterocycles. The van der Waals surface area contributed by atoms with Crippen molar-refractivity contribution >= 4 is 5.97 Å². The monoisotopic (exact) mass is 503 g/mol. The van der Waals surface area contributed by atoms with Gasteiger partial charge in [-0.2, -0.15) is 0 Å². The second-order valence-electron chi connectivity index (χ2n) is 8.54. The number of rotatable bonds is 12. The summed E-state index contributed by atoms with van der Waals surface area (Å²) in [6, 6.07) is 23.8. The highest BCUT2D eigenvalue weighted by Crippen LogP contribution is 2.31. The van der Waals surface area contributed by atoms with Crippen molar-refractivity contribution in [3.63, 3.8) is 0 Å². The molecule has 0 bridgehead atoms. The van der Waals surface area contributed by atoms with Gasteiger partial charge in [0.05, 0.1) is 18.9 Å². The van der Waals surface area contributed by atoms with E-state index in [1.54, 1.807) is 23.6 Å². The van der Waals surface area contributed by atoms with Gasteiger partial charge in [0.25, 0.3) is 0 Å². The Morgan fingerprint density at radius 2 is 1.65 bits per heavy atom. The first-order chi connectivity index (χ1) is 18.1. The van der Waals surface area contributed by atoms with Crippen molar-refractivity contribution in [1.82, 2.24) is 4.57 Å². The van der Waals surface area contributed by atoms with E-state index in [1.165, 1.54) is 6.07 Å². The molecule has 0 N–H and O–H groups in total. The Morgan fingerprint density at radius 1 is 0.946 bits per heavy atom. The van der Waals surface area contributed by atoms with Gasteiger partial charge in [-0.25, -0.2) is 9.18 Å². The molecule has 0 saturated carbocycles. The number of hydrogen-bond acceptors (Lipinski definition) is 5. The molecule has 0 spiro atoms. The van der Waals surface area contributed by atoms with E-state index in [9.17, 15) is 14.0 Å². The molecule has 3 aromatic carbocycles. The van der Waals surface area contributed by atoms with Crippen LogP contribution < -0.4 is 10.5 Å². The summed E-state index contributed by atoms with van der Waals surface area (Å²) in [7, 11) is 0. The molecule has 0 aliphatic rings. The van der Waals surface area contributed by atoms with Gasteiger partial charge in [-0.3, -0.25) is 9.36 Å². The van der Waals surface area contributed by atoms with Crippen LogP contribution in [0.2, 0.25) is 0 Å². The van der Waals surface area contributed by atoms with Crippen molar-refractivity contribution in [3.8, 4) is 28.3 Å². The Labute approximate surface area is 215 Å². The molecule has 0 saturated heterocycles. The van der Waals surface area contributed by atoms with Gasteiger partial charge in [0, 0.05) is 24.1 Å². The van der Waals surface area contributed by atoms with Crippen LogP contribution in [-0.2, 0) is 22.5 Å². The summed E-state index contributed by atoms with van der Waals surface area (Å²) in [5.41, 5.74) is 2.90. The smallest absolute Gasteiger partial charge is 0.419 e. The molecular formula is C30H30FNO5. The zero-order chi connectivity index (χ0) is 26.0. The Kier molecular flexibility index (Phi) is 8.92. The largest absolute Gasteiger partial charge is 0.494 e. The summed E-state index contributed by atoms with van der Waals surface area (Å²) in [5, 5.41) is 0. The van der Waals surface area contributed by atoms with Gasteiger partial charge in [0.1, 0.15) is 11.6 Å². The minimum absolute atomic E-state index is 0.259. The molecule has 1 heterocycles. The number of halogens is 1. The first-order valence-corrected chi connectivity index (χ1v) is 12.5. The molecule has 0 aliphatic heterocycles. The highest BCUT2D eigenvalue weighted by atomic mass is 19.1. The molecule has 37 heavy (non-hydrogen) atoms. The topological polar surface area (TPSA) is 70.7 Å². The number of oxazole rings is 1. The van der Waals surface area contributed by atoms with Gasteiger partial charge in [0.2, 0.25) is 0 Å². The minimum Gasteiger partial charge on any atom is -0.494 e. The fourth-order valence-corrected chi connectivity index (χ4v) is 4.18. The summed E-state index contributed by atoms with van der Waals surface area (Å²) in [4.78, 5) is 24.3. The van der Waals surface area contributed by atoms with E-state index >= 15 is 0 Å². The maximum Gasteiger partial charge on any atom is 0.419 e. The number of esters is 1. The molecular weight excluding hydrogens is 473 g/mol. The van der Waals surface area contributed by atoms with Crippen LogP contribution in [0, 0.1) is 5.82 Å². The summed E-state index contributed by atoms with van der Waals surface area (Å²) in [5.74, 6) is 0.0208. The van der Waals surface area contributed by atoms with Crippen LogP contribution in [0.4, 0.5) is 4.39 Å². The van der Waals surface area contributed by atoms with Crippen LogP contribution in [0.3, 0.4) is 0 Å². The zero-order valence-electron chi connectivity index (χ0n) is 20.8. The maximum atomic E-state index is 14.5. The normalized spacial score (nSPS) is 10.9. The summed E-state index contributed by atoms with van der Waals surface area (Å²) >= 11 is 0. The van der Waals surface area contributed by atoms with E-state index in [0.29, 0.717) is 61.8 Å². The van der Waals surface area contributed by atoms with E-state index in [0.717, 1.165) is 11.1 Å². The van der Waals surface area contributed by atoms with Crippen LogP contribution in [-0.4, -0.2) is 23.8 Å². The summed E-state index contributed by atoms with van der Waals surface area (Å²) in [6.45, 7) is 2.81. The predicted octanol–water partition coefficient (Wildman–Crippen LogP) is 6.27. The fraction of sp³-hybridized carbons (Fsp3) is 0.267. The lowest BCUT2D eigenvalue weighted by Gasteiger charge is -2.11. The number of aromatic nitrogens is 1. The third-order valence-electron chi connectivity index (χ3n) is 5.92. The average molecular weight is 504 g/mol. The van der Waals surface area contributed by atoms with E-state index < -0.39 is 5.76 Å². The van der Waals surface area contributed by atoms with E-state index in [-0.39, 0.29) is 18.2 Å². The minimum atomic E-state index is -0.447. The quantitative estimate of drug-likeness (QED) is 0.168. The van der Waals surface area contributed by atoms with E-state index in [2.05, 4.69) is 0 Å². The number of benzene rings is 3. The molecule has 4 rings (SSSR count). The van der Waals surface area contributed by atoms with Crippen LogP contribution in [0.1, 0.15) is 31.7 Å². The number of aryl methyl sites for hydroxylation is 1. The Morgan fingerprint density at radius 3 is 2.35 bits per heavy atom. The number of carbonyl (C=O) groups excluding carboxylic acids is 1. The van der Waals surface area contributed by atoms with Crippen LogP contribution in [0.25, 0.3) is 22.6 Å². The molecule has 0 atom stereocenters. The highest BCUT2D eigenvalue weighted by molar-refractivity contribution is 5.77. The first-order valence-electron chi connectivity index (χ1n) is 12.5. The molecule has 0 radical (unpaired) electrons. The molecule has 7 heteroatoms. The van der Waals surface area contributed by atoms with Crippen molar-refractivity contribution < 1.29 is 23.1 Å². The summed E-state index contributed by atoms with van der Waals surface area (Å²) < 4.78 is 32.4. The van der Waals surface area contributed by atoms with Gasteiger partial charge >= 0.3 is 11.7 Å². The lowest BCUT2D eigenvalue weighted by Crippen LogP contribution is -2.16. The van der Waals surface area contributed by atoms with Crippen molar-refractivity contribution in [2.24, 2.45) is 0 Å². The number of ether oxygens (including phenoxy) is 2. The van der Waals surface area contributed by atoms with Crippen molar-refractivity contribution in [2.75, 3.05) is 13.2 Å². The molecule has 192 valence electrons. The Balaban J connectivity index is 1.46. The van der Waals surface area contributed by atoms with Gasteiger partial charge in [-0.1, -0.05) is 60.7 Å². The van der Waals surface area contributed by atoms with Crippen LogP contribution >= 0.6 is 0 Å². The zero-order valence-corrected chi connectivity index (χ0v) is 20.8. The predicted molar refractivity (Wildman–Crippen MR) is 140 cm³/mol. The molecule has 0 fully saturated rings. The molecule has 0 amide bonds. The van der Waals surface area contributed by atoms with Gasteiger partial charge in [-0.15, -0.1) is 0 Å². The maximum absolute atomic E-state index is 14.5. The second kappa shape index (κ2) is 12.7. The lowest BCUT2D eigenvalue weighted by molar-refractivity contribution is -0.143. The second-order valence-corrected chi connectivity index (χ2v) is 8.54. The third-order valence-corrected chi connectivity index (χ3v) is 5.92. The van der Waals surface area contributed by atoms with Crippen LogP contribution in [0.15, 0.2) is 88.1 Å².